The first-order valence-corrected chi connectivity index (χ1v) is 6.80. The molecule has 118 valence electrons. The van der Waals surface area contributed by atoms with Crippen LogP contribution in [0, 0.1) is 6.92 Å². The minimum Gasteiger partial charge on any atom is -0.384 e. The number of rotatable bonds is 2. The third-order valence-electron chi connectivity index (χ3n) is 3.51. The number of nitrogens with one attached hydrogen (secondary N) is 1. The topological polar surface area (TPSA) is 67.6 Å². The highest BCUT2D eigenvalue weighted by atomic mass is 19.4. The van der Waals surface area contributed by atoms with Crippen molar-refractivity contribution < 1.29 is 13.2 Å². The van der Waals surface area contributed by atoms with Crippen molar-refractivity contribution in [3.63, 3.8) is 0 Å². The second-order valence-electron chi connectivity index (χ2n) is 5.14. The summed E-state index contributed by atoms with van der Waals surface area (Å²) in [7, 11) is 0. The number of aromatic nitrogens is 3. The van der Waals surface area contributed by atoms with E-state index in [1.807, 2.05) is 0 Å². The minimum atomic E-state index is -4.38. The lowest BCUT2D eigenvalue weighted by atomic mass is 10.0. The molecule has 1 aromatic carbocycles. The van der Waals surface area contributed by atoms with Crippen molar-refractivity contribution in [2.75, 3.05) is 5.73 Å². The second kappa shape index (κ2) is 5.42. The number of aryl methyl sites for hydroxylation is 1. The smallest absolute Gasteiger partial charge is 0.384 e. The van der Waals surface area contributed by atoms with Gasteiger partial charge < -0.3 is 10.7 Å². The summed E-state index contributed by atoms with van der Waals surface area (Å²) in [5.74, 6) is 0.321. The third kappa shape index (κ3) is 3.03. The quantitative estimate of drug-likeness (QED) is 0.749. The van der Waals surface area contributed by atoms with Crippen molar-refractivity contribution in [1.82, 2.24) is 15.0 Å². The van der Waals surface area contributed by atoms with Crippen LogP contribution in [0.3, 0.4) is 0 Å². The van der Waals surface area contributed by atoms with Crippen LogP contribution in [-0.2, 0) is 6.18 Å². The van der Waals surface area contributed by atoms with Crippen LogP contribution < -0.4 is 5.73 Å². The fraction of sp³-hybridized carbons (Fsp3) is 0.125. The number of nitrogen functional groups attached to an aromatic ring is 1. The molecule has 0 amide bonds. The third-order valence-corrected chi connectivity index (χ3v) is 3.51. The van der Waals surface area contributed by atoms with E-state index in [1.165, 1.54) is 12.4 Å². The monoisotopic (exact) mass is 318 g/mol. The summed E-state index contributed by atoms with van der Waals surface area (Å²) in [4.78, 5) is 11.0. The Labute approximate surface area is 130 Å². The van der Waals surface area contributed by atoms with Crippen molar-refractivity contribution in [3.8, 4) is 22.6 Å². The van der Waals surface area contributed by atoms with Crippen molar-refractivity contribution in [2.24, 2.45) is 0 Å². The summed E-state index contributed by atoms with van der Waals surface area (Å²) in [6.07, 6.45) is -3.04. The maximum Gasteiger partial charge on any atom is 0.416 e. The van der Waals surface area contributed by atoms with E-state index in [-0.39, 0.29) is 0 Å². The molecule has 0 fully saturated rings. The first-order valence-electron chi connectivity index (χ1n) is 6.80. The molecule has 0 bridgehead atoms. The zero-order valence-electron chi connectivity index (χ0n) is 12.1. The zero-order valence-corrected chi connectivity index (χ0v) is 12.1. The normalized spacial score (nSPS) is 11.7. The fourth-order valence-corrected chi connectivity index (χ4v) is 2.31. The van der Waals surface area contributed by atoms with Gasteiger partial charge in [0.05, 0.1) is 17.0 Å². The summed E-state index contributed by atoms with van der Waals surface area (Å²) in [5, 5.41) is 0. The van der Waals surface area contributed by atoms with E-state index in [2.05, 4.69) is 15.0 Å². The van der Waals surface area contributed by atoms with Gasteiger partial charge in [-0.2, -0.15) is 13.2 Å². The lowest BCUT2D eigenvalue weighted by molar-refractivity contribution is -0.137. The number of hydrogen-bond donors (Lipinski definition) is 2. The second-order valence-corrected chi connectivity index (χ2v) is 5.14. The Morgan fingerprint density at radius 1 is 1.00 bits per heavy atom. The summed E-state index contributed by atoms with van der Waals surface area (Å²) < 4.78 is 38.7. The molecule has 0 aliphatic rings. The van der Waals surface area contributed by atoms with Gasteiger partial charge in [-0.25, -0.2) is 9.97 Å². The number of aromatic amines is 1. The first-order chi connectivity index (χ1) is 10.8. The van der Waals surface area contributed by atoms with Crippen LogP contribution in [-0.4, -0.2) is 15.0 Å². The average molecular weight is 318 g/mol. The molecule has 0 radical (unpaired) electrons. The highest BCUT2D eigenvalue weighted by Gasteiger charge is 2.31. The Balaban J connectivity index is 2.04. The van der Waals surface area contributed by atoms with Gasteiger partial charge in [0.2, 0.25) is 0 Å². The summed E-state index contributed by atoms with van der Waals surface area (Å²) in [6, 6.07) is 8.73. The predicted molar refractivity (Wildman–Crippen MR) is 81.4 cm³/mol. The average Bonchev–Trinajstić information content (AvgIpc) is 2.96. The Morgan fingerprint density at radius 3 is 2.43 bits per heavy atom. The minimum absolute atomic E-state index is 0.321. The molecular formula is C16H13F3N4. The van der Waals surface area contributed by atoms with Crippen molar-refractivity contribution in [2.45, 2.75) is 13.1 Å². The van der Waals surface area contributed by atoms with Gasteiger partial charge in [-0.15, -0.1) is 0 Å². The maximum absolute atomic E-state index is 12.9. The molecule has 7 heteroatoms. The Morgan fingerprint density at radius 2 is 1.74 bits per heavy atom. The Hall–Kier alpha value is -2.83. The van der Waals surface area contributed by atoms with Gasteiger partial charge in [0.1, 0.15) is 12.1 Å². The number of anilines is 1. The van der Waals surface area contributed by atoms with Crippen molar-refractivity contribution >= 4 is 5.82 Å². The number of alkyl halides is 3. The highest BCUT2D eigenvalue weighted by molar-refractivity contribution is 5.70. The van der Waals surface area contributed by atoms with Crippen LogP contribution in [0.4, 0.5) is 19.0 Å². The van der Waals surface area contributed by atoms with E-state index in [9.17, 15) is 13.2 Å². The molecule has 23 heavy (non-hydrogen) atoms. The number of H-pyrrole nitrogens is 1. The fourth-order valence-electron chi connectivity index (χ4n) is 2.31. The van der Waals surface area contributed by atoms with E-state index in [4.69, 9.17) is 5.73 Å². The number of halogens is 3. The van der Waals surface area contributed by atoms with E-state index in [0.29, 0.717) is 28.5 Å². The molecule has 2 aromatic heterocycles. The van der Waals surface area contributed by atoms with E-state index in [1.54, 1.807) is 25.1 Å². The van der Waals surface area contributed by atoms with Gasteiger partial charge in [0.15, 0.2) is 0 Å². The summed E-state index contributed by atoms with van der Waals surface area (Å²) in [6.45, 7) is 1.76. The molecule has 0 aliphatic heterocycles. The molecule has 0 unspecified atom stereocenters. The van der Waals surface area contributed by atoms with Crippen LogP contribution in [0.25, 0.3) is 22.6 Å². The number of nitrogens with zero attached hydrogens (tertiary/aromatic N) is 2. The van der Waals surface area contributed by atoms with Crippen LogP contribution in [0.2, 0.25) is 0 Å². The lowest BCUT2D eigenvalue weighted by Crippen LogP contribution is -2.05. The summed E-state index contributed by atoms with van der Waals surface area (Å²) in [5.41, 5.74) is 7.99. The van der Waals surface area contributed by atoms with Crippen LogP contribution in [0.5, 0.6) is 0 Å². The molecule has 0 aliphatic carbocycles. The molecule has 3 N–H and O–H groups in total. The SMILES string of the molecule is Cc1ccc(C(F)(F)F)cc1-c1ccc(-c2cc(N)ncn2)[nH]1. The Bertz CT molecular complexity index is 853. The standard InChI is InChI=1S/C16H13F3N4/c1-9-2-3-10(16(17,18)19)6-11(9)12-4-5-13(23-12)14-7-15(20)22-8-21-14/h2-8,23H,1H3,(H2,20,21,22). The molecule has 3 aromatic rings. The van der Waals surface area contributed by atoms with E-state index in [0.717, 1.165) is 17.7 Å². The molecule has 0 spiro atoms. The van der Waals surface area contributed by atoms with Crippen LogP contribution >= 0.6 is 0 Å². The molecule has 4 nitrogen and oxygen atoms in total. The largest absolute Gasteiger partial charge is 0.416 e. The number of benzene rings is 1. The van der Waals surface area contributed by atoms with Gasteiger partial charge in [-0.05, 0) is 36.8 Å². The first kappa shape index (κ1) is 15.1. The molecule has 0 atom stereocenters. The molecule has 0 saturated heterocycles. The molecule has 3 rings (SSSR count). The van der Waals surface area contributed by atoms with Gasteiger partial charge in [-0.1, -0.05) is 6.07 Å². The molecular weight excluding hydrogens is 305 g/mol. The number of nitrogens with two attached hydrogens (primary N) is 1. The molecule has 0 saturated carbocycles. The van der Waals surface area contributed by atoms with Gasteiger partial charge in [0.25, 0.3) is 0 Å². The van der Waals surface area contributed by atoms with Crippen molar-refractivity contribution in [3.05, 3.63) is 53.9 Å². The zero-order chi connectivity index (χ0) is 16.6. The predicted octanol–water partition coefficient (Wildman–Crippen LogP) is 4.05. The lowest BCUT2D eigenvalue weighted by Gasteiger charge is -2.10. The van der Waals surface area contributed by atoms with E-state index >= 15 is 0 Å². The van der Waals surface area contributed by atoms with Gasteiger partial charge >= 0.3 is 6.18 Å². The van der Waals surface area contributed by atoms with Crippen LogP contribution in [0.1, 0.15) is 11.1 Å². The van der Waals surface area contributed by atoms with E-state index < -0.39 is 11.7 Å². The summed E-state index contributed by atoms with van der Waals surface area (Å²) >= 11 is 0. The van der Waals surface area contributed by atoms with Crippen molar-refractivity contribution in [1.29, 1.82) is 0 Å². The Kier molecular flexibility index (Phi) is 3.55. The van der Waals surface area contributed by atoms with Gasteiger partial charge in [-0.3, -0.25) is 0 Å². The number of hydrogen-bond acceptors (Lipinski definition) is 3. The molecule has 2 heterocycles. The maximum atomic E-state index is 12.9. The van der Waals surface area contributed by atoms with Gasteiger partial charge in [0, 0.05) is 17.3 Å². The highest BCUT2D eigenvalue weighted by Crippen LogP contribution is 2.34. The van der Waals surface area contributed by atoms with Crippen LogP contribution in [0.15, 0.2) is 42.7 Å².